The van der Waals surface area contributed by atoms with Gasteiger partial charge in [-0.1, -0.05) is 24.3 Å². The lowest BCUT2D eigenvalue weighted by Crippen LogP contribution is -2.51. The van der Waals surface area contributed by atoms with E-state index in [1.54, 1.807) is 62.6 Å². The molecule has 4 atom stereocenters. The number of Topliss-reactive ketones (excluding diaryl/α,β-unsaturated/α-hetero) is 1. The van der Waals surface area contributed by atoms with Crippen molar-refractivity contribution in [3.8, 4) is 5.75 Å². The molecule has 3 heterocycles. The zero-order chi connectivity index (χ0) is 29.1. The number of rotatable bonds is 10. The molecule has 2 aliphatic heterocycles. The number of benzene rings is 2. The molecule has 1 aromatic heterocycles. The number of carbonyl (C=O) groups is 5. The van der Waals surface area contributed by atoms with E-state index in [1.165, 1.54) is 4.90 Å². The molecule has 1 unspecified atom stereocenters. The van der Waals surface area contributed by atoms with Crippen LogP contribution in [0.3, 0.4) is 0 Å². The van der Waals surface area contributed by atoms with Crippen LogP contribution in [0.15, 0.2) is 54.6 Å². The Balaban J connectivity index is 1.31. The fourth-order valence-electron chi connectivity index (χ4n) is 5.63. The normalized spacial score (nSPS) is 21.0. The zero-order valence-electron chi connectivity index (χ0n) is 22.8. The van der Waals surface area contributed by atoms with Crippen LogP contribution >= 0.6 is 0 Å². The van der Waals surface area contributed by atoms with Crippen molar-refractivity contribution in [1.29, 1.82) is 0 Å². The van der Waals surface area contributed by atoms with E-state index in [0.717, 1.165) is 5.39 Å². The van der Waals surface area contributed by atoms with Gasteiger partial charge in [0.15, 0.2) is 12.4 Å². The Hall–Kier alpha value is -4.67. The van der Waals surface area contributed by atoms with Gasteiger partial charge in [-0.2, -0.15) is 0 Å². The standard InChI is InChI=1S/C30H32N4O7/c1-17-13-23(33-28(37)22-15-20-21(32-22)9-6-10-26(20)40-2)29(38)34(17)24(14-19-11-12-31-27(19)36)25(35)16-41-30(39)18-7-4-3-5-8-18/h3-10,15,17,19,23-24,32H,11-14,16H2,1-2H3,(H,31,36)(H,33,37)/t17?,19-,23-,24-/m0/s1. The SMILES string of the molecule is COc1cccc2[nH]c(C(=O)N[C@H]3CC(C)N([C@@H](C[C@@H]4CCNC4=O)C(=O)COC(=O)c4ccccc4)C3=O)cc12. The second-order valence-electron chi connectivity index (χ2n) is 10.4. The topological polar surface area (TPSA) is 147 Å². The highest BCUT2D eigenvalue weighted by atomic mass is 16.5. The quantitative estimate of drug-likeness (QED) is 0.322. The molecule has 0 saturated carbocycles. The first-order valence-corrected chi connectivity index (χ1v) is 13.6. The molecule has 2 aromatic carbocycles. The predicted octanol–water partition coefficient (Wildman–Crippen LogP) is 2.22. The Morgan fingerprint density at radius 1 is 1.10 bits per heavy atom. The highest BCUT2D eigenvalue weighted by molar-refractivity contribution is 6.02. The third kappa shape index (κ3) is 5.79. The molecule has 2 fully saturated rings. The van der Waals surface area contributed by atoms with Gasteiger partial charge in [-0.25, -0.2) is 4.79 Å². The number of nitrogens with zero attached hydrogens (tertiary/aromatic N) is 1. The average Bonchev–Trinajstić information content (AvgIpc) is 3.67. The van der Waals surface area contributed by atoms with E-state index in [4.69, 9.17) is 9.47 Å². The van der Waals surface area contributed by atoms with Crippen molar-refractivity contribution in [3.63, 3.8) is 0 Å². The van der Waals surface area contributed by atoms with Crippen LogP contribution in [0.5, 0.6) is 5.75 Å². The molecule has 41 heavy (non-hydrogen) atoms. The number of likely N-dealkylation sites (tertiary alicyclic amines) is 1. The number of ketones is 1. The van der Waals surface area contributed by atoms with Crippen LogP contribution in [-0.2, 0) is 19.1 Å². The number of aromatic nitrogens is 1. The minimum absolute atomic E-state index is 0.103. The first kappa shape index (κ1) is 27.9. The van der Waals surface area contributed by atoms with Gasteiger partial charge in [0.2, 0.25) is 11.8 Å². The predicted molar refractivity (Wildman–Crippen MR) is 148 cm³/mol. The van der Waals surface area contributed by atoms with Gasteiger partial charge >= 0.3 is 5.97 Å². The largest absolute Gasteiger partial charge is 0.496 e. The van der Waals surface area contributed by atoms with Gasteiger partial charge in [0.05, 0.1) is 18.7 Å². The third-order valence-electron chi connectivity index (χ3n) is 7.73. The average molecular weight is 561 g/mol. The van der Waals surface area contributed by atoms with Crippen LogP contribution in [0, 0.1) is 5.92 Å². The summed E-state index contributed by atoms with van der Waals surface area (Å²) in [5.74, 6) is -2.05. The monoisotopic (exact) mass is 560 g/mol. The lowest BCUT2D eigenvalue weighted by molar-refractivity contribution is -0.141. The first-order valence-electron chi connectivity index (χ1n) is 13.6. The molecule has 0 aliphatic carbocycles. The molecule has 11 heteroatoms. The van der Waals surface area contributed by atoms with Crippen molar-refractivity contribution in [3.05, 3.63) is 65.9 Å². The lowest BCUT2D eigenvalue weighted by Gasteiger charge is -2.31. The summed E-state index contributed by atoms with van der Waals surface area (Å²) in [4.78, 5) is 69.5. The Bertz CT molecular complexity index is 1480. The molecular weight excluding hydrogens is 528 g/mol. The summed E-state index contributed by atoms with van der Waals surface area (Å²) in [7, 11) is 1.55. The number of methoxy groups -OCH3 is 1. The minimum Gasteiger partial charge on any atom is -0.496 e. The molecule has 2 aliphatic rings. The molecule has 0 bridgehead atoms. The van der Waals surface area contributed by atoms with E-state index in [0.29, 0.717) is 29.8 Å². The number of fused-ring (bicyclic) bond motifs is 1. The van der Waals surface area contributed by atoms with Crippen LogP contribution < -0.4 is 15.4 Å². The Morgan fingerprint density at radius 2 is 1.88 bits per heavy atom. The fourth-order valence-corrected chi connectivity index (χ4v) is 5.63. The van der Waals surface area contributed by atoms with Crippen LogP contribution in [0.1, 0.15) is 47.0 Å². The maximum Gasteiger partial charge on any atom is 0.338 e. The van der Waals surface area contributed by atoms with Crippen molar-refractivity contribution in [2.24, 2.45) is 5.92 Å². The van der Waals surface area contributed by atoms with Gasteiger partial charge in [0.25, 0.3) is 5.91 Å². The maximum atomic E-state index is 13.6. The summed E-state index contributed by atoms with van der Waals surface area (Å²) >= 11 is 0. The maximum absolute atomic E-state index is 13.6. The number of H-pyrrole nitrogens is 1. The van der Waals surface area contributed by atoms with Gasteiger partial charge in [-0.15, -0.1) is 0 Å². The van der Waals surface area contributed by atoms with E-state index in [2.05, 4.69) is 15.6 Å². The van der Waals surface area contributed by atoms with Crippen LogP contribution in [0.4, 0.5) is 0 Å². The van der Waals surface area contributed by atoms with Gasteiger partial charge in [0, 0.05) is 29.4 Å². The summed E-state index contributed by atoms with van der Waals surface area (Å²) in [5.41, 5.74) is 1.29. The zero-order valence-corrected chi connectivity index (χ0v) is 22.8. The number of carbonyl (C=O) groups excluding carboxylic acids is 5. The molecule has 3 N–H and O–H groups in total. The number of hydrogen-bond acceptors (Lipinski definition) is 7. The molecule has 0 spiro atoms. The van der Waals surface area contributed by atoms with Crippen molar-refractivity contribution in [1.82, 2.24) is 20.5 Å². The van der Waals surface area contributed by atoms with Gasteiger partial charge < -0.3 is 30.0 Å². The number of nitrogens with one attached hydrogen (secondary N) is 3. The van der Waals surface area contributed by atoms with Gasteiger partial charge in [0.1, 0.15) is 17.5 Å². The van der Waals surface area contributed by atoms with Crippen molar-refractivity contribution in [2.75, 3.05) is 20.3 Å². The van der Waals surface area contributed by atoms with Gasteiger partial charge in [-0.3, -0.25) is 19.2 Å². The number of ether oxygens (including phenoxy) is 2. The summed E-state index contributed by atoms with van der Waals surface area (Å²) in [6.07, 6.45) is 0.914. The summed E-state index contributed by atoms with van der Waals surface area (Å²) < 4.78 is 10.6. The molecule has 3 amide bonds. The highest BCUT2D eigenvalue weighted by Gasteiger charge is 2.45. The van der Waals surface area contributed by atoms with Crippen LogP contribution in [0.25, 0.3) is 10.9 Å². The highest BCUT2D eigenvalue weighted by Crippen LogP contribution is 2.29. The lowest BCUT2D eigenvalue weighted by atomic mass is 9.94. The second kappa shape index (κ2) is 11.8. The summed E-state index contributed by atoms with van der Waals surface area (Å²) in [6, 6.07) is 13.1. The molecule has 11 nitrogen and oxygen atoms in total. The summed E-state index contributed by atoms with van der Waals surface area (Å²) in [6.45, 7) is 1.74. The van der Waals surface area contributed by atoms with E-state index >= 15 is 0 Å². The molecule has 2 saturated heterocycles. The van der Waals surface area contributed by atoms with E-state index < -0.39 is 54.2 Å². The smallest absolute Gasteiger partial charge is 0.338 e. The van der Waals surface area contributed by atoms with E-state index in [9.17, 15) is 24.0 Å². The number of aromatic amines is 1. The number of amides is 3. The molecule has 214 valence electrons. The molecular formula is C30H32N4O7. The van der Waals surface area contributed by atoms with E-state index in [1.807, 2.05) is 6.07 Å². The van der Waals surface area contributed by atoms with E-state index in [-0.39, 0.29) is 24.4 Å². The van der Waals surface area contributed by atoms with Gasteiger partial charge in [-0.05, 0) is 56.5 Å². The minimum atomic E-state index is -0.992. The molecule has 3 aromatic rings. The Morgan fingerprint density at radius 3 is 2.59 bits per heavy atom. The fraction of sp³-hybridized carbons (Fsp3) is 0.367. The van der Waals surface area contributed by atoms with Crippen molar-refractivity contribution < 1.29 is 33.4 Å². The molecule has 5 rings (SSSR count). The third-order valence-corrected chi connectivity index (χ3v) is 7.73. The Kier molecular flexibility index (Phi) is 8.04. The second-order valence-corrected chi connectivity index (χ2v) is 10.4. The molecule has 0 radical (unpaired) electrons. The summed E-state index contributed by atoms with van der Waals surface area (Å²) in [5, 5.41) is 6.29. The number of esters is 1. The van der Waals surface area contributed by atoms with Crippen LogP contribution in [0.2, 0.25) is 0 Å². The van der Waals surface area contributed by atoms with Crippen molar-refractivity contribution in [2.45, 2.75) is 44.3 Å². The first-order chi connectivity index (χ1) is 19.8. The number of hydrogen-bond donors (Lipinski definition) is 3. The van der Waals surface area contributed by atoms with Crippen molar-refractivity contribution >= 4 is 40.4 Å². The Labute approximate surface area is 236 Å². The van der Waals surface area contributed by atoms with Crippen LogP contribution in [-0.4, -0.2) is 77.7 Å².